The molecule has 2 N–H and O–H groups in total. The summed E-state index contributed by atoms with van der Waals surface area (Å²) in [5.74, 6) is 0.982. The van der Waals surface area contributed by atoms with Crippen LogP contribution in [0.15, 0.2) is 35.0 Å². The number of anilines is 1. The molecular weight excluding hydrogens is 214 g/mol. The molecule has 0 radical (unpaired) electrons. The first kappa shape index (κ1) is 10.4. The van der Waals surface area contributed by atoms with Crippen LogP contribution in [0.25, 0.3) is 11.1 Å². The lowest BCUT2D eigenvalue weighted by Gasteiger charge is -2.37. The van der Waals surface area contributed by atoms with Gasteiger partial charge in [-0.05, 0) is 18.2 Å². The molecule has 0 aliphatic carbocycles. The highest BCUT2D eigenvalue weighted by Gasteiger charge is 2.27. The molecule has 1 aliphatic heterocycles. The number of hydrogen-bond donors (Lipinski definition) is 1. The highest BCUT2D eigenvalue weighted by atomic mass is 16.5. The number of hydrogen-bond acceptors (Lipinski definition) is 4. The van der Waals surface area contributed by atoms with E-state index in [1.54, 1.807) is 6.20 Å². The first-order valence-electron chi connectivity index (χ1n) is 5.73. The standard InChI is InChI=1S/C13H15N3O/c1-16-7-9(8-16)10-4-2-3-5-11(10)12-6-15-17-13(12)14/h2-6,9H,7-8,14H2,1H3. The van der Waals surface area contributed by atoms with Crippen molar-refractivity contribution in [3.05, 3.63) is 36.0 Å². The van der Waals surface area contributed by atoms with Crippen molar-refractivity contribution in [1.82, 2.24) is 10.1 Å². The molecule has 1 aromatic heterocycles. The molecule has 1 fully saturated rings. The quantitative estimate of drug-likeness (QED) is 0.855. The van der Waals surface area contributed by atoms with Crippen molar-refractivity contribution in [2.75, 3.05) is 25.9 Å². The second kappa shape index (κ2) is 3.89. The third-order valence-corrected chi connectivity index (χ3v) is 3.35. The van der Waals surface area contributed by atoms with Gasteiger partial charge in [-0.15, -0.1) is 0 Å². The summed E-state index contributed by atoms with van der Waals surface area (Å²) >= 11 is 0. The SMILES string of the molecule is CN1CC(c2ccccc2-c2cnoc2N)C1. The molecule has 0 saturated carbocycles. The molecule has 17 heavy (non-hydrogen) atoms. The van der Waals surface area contributed by atoms with Gasteiger partial charge < -0.3 is 15.2 Å². The van der Waals surface area contributed by atoms with Crippen LogP contribution in [0, 0.1) is 0 Å². The zero-order valence-corrected chi connectivity index (χ0v) is 9.76. The number of likely N-dealkylation sites (N-methyl/N-ethyl adjacent to an activating group) is 1. The van der Waals surface area contributed by atoms with E-state index >= 15 is 0 Å². The number of nitrogens with two attached hydrogens (primary N) is 1. The van der Waals surface area contributed by atoms with Gasteiger partial charge in [0, 0.05) is 19.0 Å². The minimum Gasteiger partial charge on any atom is -0.367 e. The molecule has 2 aromatic rings. The maximum atomic E-state index is 5.79. The summed E-state index contributed by atoms with van der Waals surface area (Å²) in [7, 11) is 2.13. The minimum absolute atomic E-state index is 0.394. The van der Waals surface area contributed by atoms with Crippen molar-refractivity contribution in [3.8, 4) is 11.1 Å². The fourth-order valence-electron chi connectivity index (χ4n) is 2.44. The van der Waals surface area contributed by atoms with Gasteiger partial charge in [-0.25, -0.2) is 0 Å². The van der Waals surface area contributed by atoms with Crippen LogP contribution in [0.2, 0.25) is 0 Å². The Balaban J connectivity index is 2.02. The fourth-order valence-corrected chi connectivity index (χ4v) is 2.44. The van der Waals surface area contributed by atoms with Crippen LogP contribution in [0.1, 0.15) is 11.5 Å². The van der Waals surface area contributed by atoms with Gasteiger partial charge in [0.25, 0.3) is 0 Å². The molecule has 0 atom stereocenters. The monoisotopic (exact) mass is 229 g/mol. The summed E-state index contributed by atoms with van der Waals surface area (Å²) in [4.78, 5) is 2.30. The summed E-state index contributed by atoms with van der Waals surface area (Å²) in [5, 5.41) is 3.75. The number of likely N-dealkylation sites (tertiary alicyclic amines) is 1. The van der Waals surface area contributed by atoms with Gasteiger partial charge in [0.05, 0.1) is 11.8 Å². The number of nitrogen functional groups attached to an aromatic ring is 1. The Kier molecular flexibility index (Phi) is 2.37. The van der Waals surface area contributed by atoms with Crippen LogP contribution < -0.4 is 5.73 Å². The number of nitrogens with zero attached hydrogens (tertiary/aromatic N) is 2. The third kappa shape index (κ3) is 1.70. The third-order valence-electron chi connectivity index (χ3n) is 3.35. The van der Waals surface area contributed by atoms with Gasteiger partial charge in [0.15, 0.2) is 0 Å². The predicted molar refractivity (Wildman–Crippen MR) is 66.6 cm³/mol. The molecule has 88 valence electrons. The maximum absolute atomic E-state index is 5.79. The van der Waals surface area contributed by atoms with E-state index in [0.717, 1.165) is 24.2 Å². The Morgan fingerprint density at radius 3 is 2.71 bits per heavy atom. The van der Waals surface area contributed by atoms with Crippen LogP contribution in [0.5, 0.6) is 0 Å². The van der Waals surface area contributed by atoms with Crippen LogP contribution >= 0.6 is 0 Å². The lowest BCUT2D eigenvalue weighted by Crippen LogP contribution is -2.41. The van der Waals surface area contributed by atoms with Gasteiger partial charge in [0.2, 0.25) is 5.88 Å². The fraction of sp³-hybridized carbons (Fsp3) is 0.308. The molecule has 0 unspecified atom stereocenters. The zero-order chi connectivity index (χ0) is 11.8. The summed E-state index contributed by atoms with van der Waals surface area (Å²) in [5.41, 5.74) is 9.16. The molecule has 1 aliphatic rings. The van der Waals surface area contributed by atoms with E-state index in [2.05, 4.69) is 35.3 Å². The van der Waals surface area contributed by atoms with Crippen molar-refractivity contribution < 1.29 is 4.52 Å². The largest absolute Gasteiger partial charge is 0.367 e. The van der Waals surface area contributed by atoms with Gasteiger partial charge in [-0.2, -0.15) is 0 Å². The van der Waals surface area contributed by atoms with Crippen LogP contribution in [0.3, 0.4) is 0 Å². The van der Waals surface area contributed by atoms with Crippen molar-refractivity contribution in [2.45, 2.75) is 5.92 Å². The molecule has 4 nitrogen and oxygen atoms in total. The Bertz CT molecular complexity index is 529. The summed E-state index contributed by atoms with van der Waals surface area (Å²) in [6.45, 7) is 2.20. The highest BCUT2D eigenvalue weighted by Crippen LogP contribution is 2.35. The number of rotatable bonds is 2. The Morgan fingerprint density at radius 1 is 1.29 bits per heavy atom. The molecular formula is C13H15N3O. The molecule has 1 aromatic carbocycles. The highest BCUT2D eigenvalue weighted by molar-refractivity contribution is 5.75. The first-order valence-corrected chi connectivity index (χ1v) is 5.73. The van der Waals surface area contributed by atoms with E-state index in [-0.39, 0.29) is 0 Å². The van der Waals surface area contributed by atoms with Crippen LogP contribution in [-0.2, 0) is 0 Å². The Hall–Kier alpha value is -1.81. The summed E-state index contributed by atoms with van der Waals surface area (Å²) in [6, 6.07) is 8.34. The normalized spacial score (nSPS) is 17.0. The van der Waals surface area contributed by atoms with Gasteiger partial charge in [-0.1, -0.05) is 29.4 Å². The minimum atomic E-state index is 0.394. The lowest BCUT2D eigenvalue weighted by molar-refractivity contribution is 0.190. The van der Waals surface area contributed by atoms with Gasteiger partial charge in [0.1, 0.15) is 0 Å². The van der Waals surface area contributed by atoms with E-state index in [1.807, 2.05) is 6.07 Å². The molecule has 0 spiro atoms. The topological polar surface area (TPSA) is 55.3 Å². The molecule has 0 bridgehead atoms. The van der Waals surface area contributed by atoms with E-state index < -0.39 is 0 Å². The van der Waals surface area contributed by atoms with Crippen molar-refractivity contribution in [2.24, 2.45) is 0 Å². The van der Waals surface area contributed by atoms with E-state index in [1.165, 1.54) is 5.56 Å². The second-order valence-electron chi connectivity index (χ2n) is 4.61. The zero-order valence-electron chi connectivity index (χ0n) is 9.76. The van der Waals surface area contributed by atoms with E-state index in [9.17, 15) is 0 Å². The van der Waals surface area contributed by atoms with Crippen LogP contribution in [0.4, 0.5) is 5.88 Å². The van der Waals surface area contributed by atoms with E-state index in [4.69, 9.17) is 10.3 Å². The lowest BCUT2D eigenvalue weighted by atomic mass is 9.86. The molecule has 1 saturated heterocycles. The summed E-state index contributed by atoms with van der Waals surface area (Å²) in [6.07, 6.45) is 1.69. The first-order chi connectivity index (χ1) is 8.25. The number of benzene rings is 1. The average molecular weight is 229 g/mol. The molecule has 0 amide bonds. The summed E-state index contributed by atoms with van der Waals surface area (Å²) < 4.78 is 4.94. The Morgan fingerprint density at radius 2 is 2.06 bits per heavy atom. The van der Waals surface area contributed by atoms with Crippen molar-refractivity contribution >= 4 is 5.88 Å². The van der Waals surface area contributed by atoms with Crippen molar-refractivity contribution in [3.63, 3.8) is 0 Å². The maximum Gasteiger partial charge on any atom is 0.229 e. The van der Waals surface area contributed by atoms with E-state index in [0.29, 0.717) is 11.8 Å². The van der Waals surface area contributed by atoms with Gasteiger partial charge in [-0.3, -0.25) is 0 Å². The van der Waals surface area contributed by atoms with Crippen molar-refractivity contribution in [1.29, 1.82) is 0 Å². The smallest absolute Gasteiger partial charge is 0.229 e. The molecule has 4 heteroatoms. The second-order valence-corrected chi connectivity index (χ2v) is 4.61. The van der Waals surface area contributed by atoms with Gasteiger partial charge >= 0.3 is 0 Å². The molecule has 3 rings (SSSR count). The van der Waals surface area contributed by atoms with Crippen LogP contribution in [-0.4, -0.2) is 30.2 Å². The number of aromatic nitrogens is 1. The Labute approximate surface area is 100 Å². The molecule has 2 heterocycles. The predicted octanol–water partition coefficient (Wildman–Crippen LogP) is 1.95. The average Bonchev–Trinajstić information content (AvgIpc) is 2.71.